The Balaban J connectivity index is 1.35. The molecule has 202 valence electrons. The van der Waals surface area contributed by atoms with Crippen LogP contribution in [0.2, 0.25) is 10.0 Å². The molecule has 0 aromatic heterocycles. The molecule has 1 aliphatic heterocycles. The molecular weight excluding hydrogens is 589 g/mol. The Morgan fingerprint density at radius 1 is 0.895 bits per heavy atom. The van der Waals surface area contributed by atoms with Crippen molar-refractivity contribution in [3.8, 4) is 0 Å². The summed E-state index contributed by atoms with van der Waals surface area (Å²) in [5.41, 5.74) is 0.584. The lowest BCUT2D eigenvalue weighted by Crippen LogP contribution is -2.41. The van der Waals surface area contributed by atoms with E-state index < -0.39 is 20.0 Å². The topological polar surface area (TPSA) is 113 Å². The Kier molecular flexibility index (Phi) is 8.96. The van der Waals surface area contributed by atoms with Gasteiger partial charge in [-0.05, 0) is 79.8 Å². The fourth-order valence-corrected chi connectivity index (χ4v) is 7.36. The van der Waals surface area contributed by atoms with E-state index in [1.807, 2.05) is 6.26 Å². The molecule has 3 aromatic rings. The number of carbonyl (C=O) groups excluding carboxylic acids is 1. The highest BCUT2D eigenvalue weighted by Crippen LogP contribution is 2.31. The van der Waals surface area contributed by atoms with Crippen molar-refractivity contribution in [3.63, 3.8) is 0 Å². The van der Waals surface area contributed by atoms with Crippen LogP contribution in [0.1, 0.15) is 12.8 Å². The average molecular weight is 615 g/mol. The van der Waals surface area contributed by atoms with Crippen LogP contribution in [0.25, 0.3) is 0 Å². The summed E-state index contributed by atoms with van der Waals surface area (Å²) in [6.07, 6.45) is 2.68. The summed E-state index contributed by atoms with van der Waals surface area (Å²) in [5, 5.41) is 3.10. The zero-order chi connectivity index (χ0) is 27.5. The molecule has 0 spiro atoms. The average Bonchev–Trinajstić information content (AvgIpc) is 2.91. The van der Waals surface area contributed by atoms with Gasteiger partial charge in [0.2, 0.25) is 15.9 Å². The lowest BCUT2D eigenvalue weighted by Gasteiger charge is -2.30. The third kappa shape index (κ3) is 6.47. The number of anilines is 2. The quantitative estimate of drug-likeness (QED) is 0.322. The van der Waals surface area contributed by atoms with Gasteiger partial charge >= 0.3 is 0 Å². The van der Waals surface area contributed by atoms with Crippen molar-refractivity contribution < 1.29 is 21.6 Å². The molecule has 1 amide bonds. The van der Waals surface area contributed by atoms with Gasteiger partial charge in [-0.3, -0.25) is 9.52 Å². The third-order valence-electron chi connectivity index (χ3n) is 6.15. The van der Waals surface area contributed by atoms with Crippen molar-refractivity contribution in [1.82, 2.24) is 4.31 Å². The molecule has 1 aliphatic rings. The van der Waals surface area contributed by atoms with Crippen LogP contribution in [0.5, 0.6) is 0 Å². The van der Waals surface area contributed by atoms with E-state index in [1.54, 1.807) is 36.4 Å². The van der Waals surface area contributed by atoms with E-state index in [2.05, 4.69) is 10.0 Å². The smallest absolute Gasteiger partial charge is 0.261 e. The number of nitrogens with one attached hydrogen (secondary N) is 2. The lowest BCUT2D eigenvalue weighted by molar-refractivity contribution is -0.120. The van der Waals surface area contributed by atoms with Crippen molar-refractivity contribution in [2.24, 2.45) is 5.92 Å². The summed E-state index contributed by atoms with van der Waals surface area (Å²) in [4.78, 5) is 14.0. The Labute approximate surface area is 236 Å². The van der Waals surface area contributed by atoms with E-state index in [4.69, 9.17) is 23.2 Å². The maximum Gasteiger partial charge on any atom is 0.261 e. The molecule has 0 radical (unpaired) electrons. The number of halogens is 2. The monoisotopic (exact) mass is 613 g/mol. The Bertz CT molecular complexity index is 1520. The molecule has 2 N–H and O–H groups in total. The van der Waals surface area contributed by atoms with Crippen LogP contribution >= 0.6 is 35.0 Å². The van der Waals surface area contributed by atoms with Crippen LogP contribution in [0, 0.1) is 5.92 Å². The van der Waals surface area contributed by atoms with Crippen LogP contribution in [0.4, 0.5) is 11.4 Å². The van der Waals surface area contributed by atoms with Crippen molar-refractivity contribution in [2.45, 2.75) is 27.5 Å². The predicted octanol–water partition coefficient (Wildman–Crippen LogP) is 5.56. The van der Waals surface area contributed by atoms with Gasteiger partial charge in [0, 0.05) is 29.6 Å². The standard InChI is InChI=1S/C25H25Cl2N3O5S3/c1-36-19-7-11-21(12-8-19)38(34,35)30-15-13-17(14-16-30)25(31)28-18-5-9-20(10-6-18)37(32,33)29-23-4-2-3-22(26)24(23)27/h2-12,17,29H,13-16H2,1H3,(H,28,31). The van der Waals surface area contributed by atoms with Crippen LogP contribution in [-0.2, 0) is 24.8 Å². The molecule has 1 saturated heterocycles. The van der Waals surface area contributed by atoms with Crippen molar-refractivity contribution >= 4 is 72.3 Å². The van der Waals surface area contributed by atoms with Gasteiger partial charge in [-0.1, -0.05) is 29.3 Å². The predicted molar refractivity (Wildman–Crippen MR) is 152 cm³/mol. The maximum absolute atomic E-state index is 13.0. The van der Waals surface area contributed by atoms with Crippen LogP contribution in [0.15, 0.2) is 81.4 Å². The van der Waals surface area contributed by atoms with E-state index in [9.17, 15) is 21.6 Å². The SMILES string of the molecule is CSc1ccc(S(=O)(=O)N2CCC(C(=O)Nc3ccc(S(=O)(=O)Nc4cccc(Cl)c4Cl)cc3)CC2)cc1. The molecule has 3 aromatic carbocycles. The van der Waals surface area contributed by atoms with Gasteiger partial charge in [0.15, 0.2) is 0 Å². The highest BCUT2D eigenvalue weighted by Gasteiger charge is 2.32. The normalized spacial score (nSPS) is 15.2. The number of nitrogens with zero attached hydrogens (tertiary/aromatic N) is 1. The number of amides is 1. The molecule has 1 fully saturated rings. The van der Waals surface area contributed by atoms with Crippen LogP contribution < -0.4 is 10.0 Å². The summed E-state index contributed by atoms with van der Waals surface area (Å²) >= 11 is 13.6. The minimum Gasteiger partial charge on any atom is -0.326 e. The van der Waals surface area contributed by atoms with E-state index in [-0.39, 0.29) is 50.4 Å². The van der Waals surface area contributed by atoms with Gasteiger partial charge in [0.1, 0.15) is 0 Å². The minimum atomic E-state index is -3.93. The summed E-state index contributed by atoms with van der Waals surface area (Å²) in [6.45, 7) is 0.471. The van der Waals surface area contributed by atoms with E-state index >= 15 is 0 Å². The second-order valence-electron chi connectivity index (χ2n) is 8.57. The van der Waals surface area contributed by atoms with E-state index in [1.165, 1.54) is 46.4 Å². The zero-order valence-corrected chi connectivity index (χ0v) is 24.2. The molecule has 4 rings (SSSR count). The van der Waals surface area contributed by atoms with Crippen molar-refractivity contribution in [1.29, 1.82) is 0 Å². The largest absolute Gasteiger partial charge is 0.326 e. The lowest BCUT2D eigenvalue weighted by atomic mass is 9.97. The molecular formula is C25H25Cl2N3O5S3. The number of thioether (sulfide) groups is 1. The number of carbonyl (C=O) groups is 1. The van der Waals surface area contributed by atoms with E-state index in [0.29, 0.717) is 18.5 Å². The molecule has 0 bridgehead atoms. The van der Waals surface area contributed by atoms with Crippen molar-refractivity contribution in [3.05, 3.63) is 76.8 Å². The molecule has 0 saturated carbocycles. The number of hydrogen-bond acceptors (Lipinski definition) is 6. The van der Waals surface area contributed by atoms with Gasteiger partial charge in [0.25, 0.3) is 10.0 Å². The number of piperidine rings is 1. The maximum atomic E-state index is 13.0. The van der Waals surface area contributed by atoms with Gasteiger partial charge in [-0.15, -0.1) is 11.8 Å². The van der Waals surface area contributed by atoms with Crippen LogP contribution in [-0.4, -0.2) is 46.4 Å². The van der Waals surface area contributed by atoms with Gasteiger partial charge < -0.3 is 5.32 Å². The Morgan fingerprint density at radius 3 is 2.11 bits per heavy atom. The van der Waals surface area contributed by atoms with E-state index in [0.717, 1.165) is 4.90 Å². The highest BCUT2D eigenvalue weighted by molar-refractivity contribution is 7.98. The first kappa shape index (κ1) is 28.7. The summed E-state index contributed by atoms with van der Waals surface area (Å²) < 4.78 is 55.2. The molecule has 13 heteroatoms. The summed E-state index contributed by atoms with van der Waals surface area (Å²) in [7, 11) is -7.56. The first-order chi connectivity index (χ1) is 18.0. The zero-order valence-electron chi connectivity index (χ0n) is 20.2. The first-order valence-corrected chi connectivity index (χ1v) is 16.4. The van der Waals surface area contributed by atoms with Crippen molar-refractivity contribution in [2.75, 3.05) is 29.4 Å². The second-order valence-corrected chi connectivity index (χ2v) is 13.9. The Morgan fingerprint density at radius 2 is 1.50 bits per heavy atom. The molecule has 0 aliphatic carbocycles. The number of hydrogen-bond donors (Lipinski definition) is 2. The summed E-state index contributed by atoms with van der Waals surface area (Å²) in [6, 6.07) is 17.1. The second kappa shape index (κ2) is 11.8. The minimum absolute atomic E-state index is 0.0179. The summed E-state index contributed by atoms with van der Waals surface area (Å²) in [5.74, 6) is -0.610. The fourth-order valence-electron chi connectivity index (χ4n) is 4.00. The molecule has 0 atom stereocenters. The fraction of sp³-hybridized carbons (Fsp3) is 0.240. The molecule has 38 heavy (non-hydrogen) atoms. The van der Waals surface area contributed by atoms with Gasteiger partial charge in [0.05, 0.1) is 25.5 Å². The van der Waals surface area contributed by atoms with Crippen LogP contribution in [0.3, 0.4) is 0 Å². The molecule has 0 unspecified atom stereocenters. The number of benzene rings is 3. The number of rotatable bonds is 8. The van der Waals surface area contributed by atoms with Gasteiger partial charge in [-0.25, -0.2) is 16.8 Å². The number of sulfonamides is 2. The van der Waals surface area contributed by atoms with Gasteiger partial charge in [-0.2, -0.15) is 4.31 Å². The third-order valence-corrected chi connectivity index (χ3v) is 11.0. The highest BCUT2D eigenvalue weighted by atomic mass is 35.5. The Hall–Kier alpha value is -2.28. The molecule has 1 heterocycles. The first-order valence-electron chi connectivity index (χ1n) is 11.5. The molecule has 8 nitrogen and oxygen atoms in total.